The number of hydrogen-bond donors (Lipinski definition) is 3. The van der Waals surface area contributed by atoms with Gasteiger partial charge in [0.05, 0.1) is 26.9 Å². The molecule has 17 nitrogen and oxygen atoms in total. The fraction of sp³-hybridized carbons (Fsp3) is 0.500. The van der Waals surface area contributed by atoms with Crippen LogP contribution in [0.1, 0.15) is 12.6 Å². The molecule has 0 bridgehead atoms. The molecule has 0 aromatic carbocycles. The summed E-state index contributed by atoms with van der Waals surface area (Å²) < 4.78 is 40.0. The average molecular weight is 611 g/mol. The monoisotopic (exact) mass is 611 g/mol. The number of aromatic nitrogens is 4. The number of ether oxygens (including phenoxy) is 1. The minimum absolute atomic E-state index is 0. The summed E-state index contributed by atoms with van der Waals surface area (Å²) in [6.45, 7) is -5.67. The first-order valence-electron chi connectivity index (χ1n) is 7.93. The van der Waals surface area contributed by atoms with Crippen LogP contribution in [-0.2, 0) is 38.8 Å². The smallest absolute Gasteiger partial charge is 0.790 e. The van der Waals surface area contributed by atoms with Gasteiger partial charge in [0.1, 0.15) is 19.1 Å². The standard InChI is InChI=1S/C10H16N5O12P3S.4Na/c11-10-13-8-7(9(17)14-10)12-3-15(8)6-1-4(16)5(25-6)2-24-30(23,31)27-29(21,22)26-28(18,19)20;;;;/h3-6,16H,1-2H2,(H,21,22)(H,23,31)(H2,18,19,20)(H3,11,13,14,17);;;;/q;4*+1/p-4/t4-,5+,6+,30?;;;;/m0..../s1. The van der Waals surface area contributed by atoms with Crippen LogP contribution >= 0.6 is 22.4 Å². The van der Waals surface area contributed by atoms with Gasteiger partial charge in [-0.3, -0.25) is 27.5 Å². The fourth-order valence-electron chi connectivity index (χ4n) is 2.64. The molecule has 0 amide bonds. The number of nitrogens with one attached hydrogen (secondary N) is 1. The normalized spacial score (nSPS) is 23.1. The number of hydrogen-bond acceptors (Lipinski definition) is 16. The summed E-state index contributed by atoms with van der Waals surface area (Å²) in [4.78, 5) is 65.9. The minimum atomic E-state index is -6.02. The maximum absolute atomic E-state index is 11.9. The zero-order chi connectivity index (χ0) is 23.2. The quantitative estimate of drug-likeness (QED) is 0.185. The Labute approximate surface area is 290 Å². The van der Waals surface area contributed by atoms with Crippen molar-refractivity contribution >= 4 is 51.3 Å². The minimum Gasteiger partial charge on any atom is -0.790 e. The molecule has 0 spiro atoms. The molecule has 5 atom stereocenters. The van der Waals surface area contributed by atoms with Gasteiger partial charge in [0, 0.05) is 6.42 Å². The molecule has 3 heterocycles. The number of fused-ring (bicyclic) bond motifs is 1. The molecule has 4 N–H and O–H groups in total. The van der Waals surface area contributed by atoms with E-state index in [2.05, 4.69) is 39.9 Å². The summed E-state index contributed by atoms with van der Waals surface area (Å²) in [5.74, 6) is -0.188. The first-order valence-corrected chi connectivity index (χ1v) is 13.4. The summed E-state index contributed by atoms with van der Waals surface area (Å²) in [6, 6.07) is 0. The predicted molar refractivity (Wildman–Crippen MR) is 94.7 cm³/mol. The third-order valence-electron chi connectivity index (χ3n) is 3.76. The second-order valence-electron chi connectivity index (χ2n) is 6.01. The van der Waals surface area contributed by atoms with E-state index in [1.54, 1.807) is 0 Å². The summed E-state index contributed by atoms with van der Waals surface area (Å²) in [5, 5.41) is 10.1. The number of phosphoric acid groups is 2. The van der Waals surface area contributed by atoms with E-state index in [-0.39, 0.29) is 142 Å². The largest absolute Gasteiger partial charge is 1.00 e. The summed E-state index contributed by atoms with van der Waals surface area (Å²) in [6.07, 6.45) is -2.24. The molecule has 35 heavy (non-hydrogen) atoms. The first kappa shape index (κ1) is 40.0. The van der Waals surface area contributed by atoms with Crippen molar-refractivity contribution < 1.29 is 170 Å². The van der Waals surface area contributed by atoms with Crippen molar-refractivity contribution in [1.29, 1.82) is 0 Å². The van der Waals surface area contributed by atoms with Gasteiger partial charge in [-0.05, 0) is 0 Å². The van der Waals surface area contributed by atoms with Gasteiger partial charge in [0.2, 0.25) is 5.95 Å². The second-order valence-corrected chi connectivity index (χ2v) is 11.6. The van der Waals surface area contributed by atoms with Crippen molar-refractivity contribution in [3.63, 3.8) is 0 Å². The molecule has 2 aromatic rings. The molecule has 174 valence electrons. The van der Waals surface area contributed by atoms with Crippen LogP contribution in [0.4, 0.5) is 5.95 Å². The Morgan fingerprint density at radius 3 is 2.40 bits per heavy atom. The van der Waals surface area contributed by atoms with Crippen LogP contribution in [-0.4, -0.2) is 43.4 Å². The molecule has 0 aliphatic carbocycles. The van der Waals surface area contributed by atoms with Gasteiger partial charge in [0.15, 0.2) is 11.2 Å². The Morgan fingerprint density at radius 2 is 1.83 bits per heavy atom. The summed E-state index contributed by atoms with van der Waals surface area (Å²) >= 11 is 4.31. The number of nitrogens with two attached hydrogens (primary N) is 1. The Bertz CT molecular complexity index is 1200. The maximum Gasteiger partial charge on any atom is 1.00 e. The molecule has 0 radical (unpaired) electrons. The summed E-state index contributed by atoms with van der Waals surface area (Å²) in [7, 11) is -11.9. The van der Waals surface area contributed by atoms with E-state index in [1.807, 2.05) is 0 Å². The van der Waals surface area contributed by atoms with Crippen LogP contribution < -0.4 is 149 Å². The average Bonchev–Trinajstić information content (AvgIpc) is 3.13. The zero-order valence-corrected chi connectivity index (χ0v) is 30.3. The van der Waals surface area contributed by atoms with Crippen molar-refractivity contribution in [2.45, 2.75) is 24.9 Å². The number of rotatable bonds is 8. The van der Waals surface area contributed by atoms with Gasteiger partial charge >= 0.3 is 118 Å². The van der Waals surface area contributed by atoms with Gasteiger partial charge in [0.25, 0.3) is 13.4 Å². The Hall–Kier alpha value is 2.90. The number of aliphatic hydroxyl groups is 1. The van der Waals surface area contributed by atoms with Gasteiger partial charge in [-0.2, -0.15) is 4.98 Å². The number of anilines is 1. The van der Waals surface area contributed by atoms with Gasteiger partial charge in [-0.1, -0.05) is 11.8 Å². The molecule has 3 rings (SSSR count). The molecule has 25 heteroatoms. The molecular weight excluding hydrogens is 599 g/mol. The third-order valence-corrected chi connectivity index (χ3v) is 8.34. The summed E-state index contributed by atoms with van der Waals surface area (Å²) in [5.41, 5.74) is 4.91. The van der Waals surface area contributed by atoms with Crippen LogP contribution in [0, 0.1) is 0 Å². The van der Waals surface area contributed by atoms with Crippen molar-refractivity contribution in [2.75, 3.05) is 12.3 Å². The van der Waals surface area contributed by atoms with Crippen molar-refractivity contribution in [1.82, 2.24) is 19.5 Å². The second kappa shape index (κ2) is 15.8. The van der Waals surface area contributed by atoms with Gasteiger partial charge < -0.3 is 44.2 Å². The van der Waals surface area contributed by atoms with E-state index in [4.69, 9.17) is 10.5 Å². The topological polar surface area (TPSA) is 273 Å². The molecular formula is C10H12N5Na4O12P3S. The SMILES string of the molecule is Nc1nc2c(ncn2[C@H]2C[C@H](O)[C@@H](COP([O-])(=S)OP(=O)([O-])OP(=O)([O-])[O-])O2)c(=O)[nH]1.[Na+].[Na+].[Na+].[Na+]. The van der Waals surface area contributed by atoms with Gasteiger partial charge in [-0.15, -0.1) is 0 Å². The van der Waals surface area contributed by atoms with Crippen LogP contribution in [0.2, 0.25) is 0 Å². The molecule has 1 aliphatic rings. The number of H-pyrrole nitrogens is 1. The maximum atomic E-state index is 11.9. The van der Waals surface area contributed by atoms with E-state index in [1.165, 1.54) is 10.9 Å². The first-order chi connectivity index (χ1) is 14.2. The Balaban J connectivity index is 0. The van der Waals surface area contributed by atoms with E-state index in [9.17, 15) is 38.6 Å². The molecule has 2 unspecified atom stereocenters. The number of aromatic amines is 1. The van der Waals surface area contributed by atoms with Crippen LogP contribution in [0.25, 0.3) is 11.2 Å². The van der Waals surface area contributed by atoms with Gasteiger partial charge in [-0.25, -0.2) is 4.98 Å². The van der Waals surface area contributed by atoms with E-state index >= 15 is 0 Å². The Morgan fingerprint density at radius 1 is 1.23 bits per heavy atom. The number of aliphatic hydroxyl groups excluding tert-OH is 1. The van der Waals surface area contributed by atoms with Crippen LogP contribution in [0.5, 0.6) is 0 Å². The molecule has 1 fully saturated rings. The predicted octanol–water partition coefficient (Wildman–Crippen LogP) is -15.7. The molecule has 0 saturated carbocycles. The Kier molecular flexibility index (Phi) is 18.1. The number of imidazole rings is 1. The number of nitrogen functional groups attached to an aromatic ring is 1. The molecule has 1 aliphatic heterocycles. The van der Waals surface area contributed by atoms with Crippen molar-refractivity contribution in [3.05, 3.63) is 16.7 Å². The van der Waals surface area contributed by atoms with Crippen molar-refractivity contribution in [3.8, 4) is 0 Å². The number of nitrogens with zero attached hydrogens (tertiary/aromatic N) is 3. The van der Waals surface area contributed by atoms with Crippen LogP contribution in [0.3, 0.4) is 0 Å². The van der Waals surface area contributed by atoms with Crippen LogP contribution in [0.15, 0.2) is 11.1 Å². The molecule has 2 aromatic heterocycles. The van der Waals surface area contributed by atoms with Crippen molar-refractivity contribution in [2.24, 2.45) is 0 Å². The third kappa shape index (κ3) is 11.7. The zero-order valence-electron chi connectivity index (χ0n) is 18.8. The molecule has 1 saturated heterocycles. The van der Waals surface area contributed by atoms with E-state index < -0.39 is 53.0 Å². The van der Waals surface area contributed by atoms with E-state index in [0.29, 0.717) is 0 Å². The fourth-order valence-corrected chi connectivity index (χ4v) is 6.42. The van der Waals surface area contributed by atoms with E-state index in [0.717, 1.165) is 0 Å².